The Hall–Kier alpha value is -2.78. The summed E-state index contributed by atoms with van der Waals surface area (Å²) in [5, 5.41) is 3.16. The molecular weight excluding hydrogens is 450 g/mol. The van der Waals surface area contributed by atoms with Crippen molar-refractivity contribution in [1.82, 2.24) is 14.6 Å². The average molecular weight is 472 g/mol. The average Bonchev–Trinajstić information content (AvgIpc) is 2.84. The van der Waals surface area contributed by atoms with Crippen LogP contribution in [0.15, 0.2) is 78.0 Å². The number of halogens is 1. The fourth-order valence-corrected chi connectivity index (χ4v) is 5.18. The van der Waals surface area contributed by atoms with E-state index in [2.05, 4.69) is 10.3 Å². The van der Waals surface area contributed by atoms with Crippen LogP contribution in [0, 0.1) is 0 Å². The highest BCUT2D eigenvalue weighted by molar-refractivity contribution is 7.89. The van der Waals surface area contributed by atoms with Crippen LogP contribution >= 0.6 is 11.6 Å². The molecule has 0 spiro atoms. The number of sulfonamides is 1. The van der Waals surface area contributed by atoms with Gasteiger partial charge in [-0.2, -0.15) is 4.31 Å². The van der Waals surface area contributed by atoms with E-state index < -0.39 is 22.0 Å². The first-order valence-corrected chi connectivity index (χ1v) is 11.9. The Labute approximate surface area is 192 Å². The van der Waals surface area contributed by atoms with Crippen molar-refractivity contribution in [2.45, 2.75) is 10.9 Å². The van der Waals surface area contributed by atoms with Crippen LogP contribution in [0.4, 0.5) is 0 Å². The summed E-state index contributed by atoms with van der Waals surface area (Å²) in [5.41, 5.74) is 1.81. The lowest BCUT2D eigenvalue weighted by molar-refractivity contribution is 0.0730. The van der Waals surface area contributed by atoms with Gasteiger partial charge in [-0.05, 0) is 41.5 Å². The molecule has 1 unspecified atom stereocenters. The Morgan fingerprint density at radius 3 is 2.34 bits per heavy atom. The van der Waals surface area contributed by atoms with Crippen molar-refractivity contribution in [2.24, 2.45) is 0 Å². The zero-order valence-corrected chi connectivity index (χ0v) is 18.7. The third-order valence-electron chi connectivity index (χ3n) is 5.24. The highest BCUT2D eigenvalue weighted by Gasteiger charge is 2.28. The van der Waals surface area contributed by atoms with Gasteiger partial charge in [0.15, 0.2) is 0 Å². The SMILES string of the molecule is O=C(NC(c1ccccc1)c1ccncc1)c1cc(S(=O)(=O)N2CCOCC2)ccc1Cl. The smallest absolute Gasteiger partial charge is 0.253 e. The fraction of sp³-hybridized carbons (Fsp3) is 0.217. The van der Waals surface area contributed by atoms with Crippen LogP contribution < -0.4 is 5.32 Å². The molecule has 1 fully saturated rings. The molecule has 0 bridgehead atoms. The molecule has 32 heavy (non-hydrogen) atoms. The number of morpholine rings is 1. The van der Waals surface area contributed by atoms with Gasteiger partial charge in [-0.3, -0.25) is 9.78 Å². The highest BCUT2D eigenvalue weighted by Crippen LogP contribution is 2.26. The van der Waals surface area contributed by atoms with E-state index in [-0.39, 0.29) is 28.6 Å². The molecule has 3 aromatic rings. The number of nitrogens with zero attached hydrogens (tertiary/aromatic N) is 2. The lowest BCUT2D eigenvalue weighted by Gasteiger charge is -2.26. The molecule has 9 heteroatoms. The van der Waals surface area contributed by atoms with Crippen molar-refractivity contribution in [3.63, 3.8) is 0 Å². The van der Waals surface area contributed by atoms with E-state index in [1.165, 1.54) is 22.5 Å². The minimum absolute atomic E-state index is 0.0223. The van der Waals surface area contributed by atoms with Crippen LogP contribution in [0.1, 0.15) is 27.5 Å². The molecule has 166 valence electrons. The van der Waals surface area contributed by atoms with Gasteiger partial charge in [0.25, 0.3) is 5.91 Å². The van der Waals surface area contributed by atoms with Gasteiger partial charge in [0.2, 0.25) is 10.0 Å². The van der Waals surface area contributed by atoms with E-state index in [4.69, 9.17) is 16.3 Å². The molecule has 2 aromatic carbocycles. The van der Waals surface area contributed by atoms with Gasteiger partial charge < -0.3 is 10.1 Å². The van der Waals surface area contributed by atoms with Crippen LogP contribution in [0.3, 0.4) is 0 Å². The van der Waals surface area contributed by atoms with Gasteiger partial charge in [-0.15, -0.1) is 0 Å². The normalized spacial score (nSPS) is 15.8. The summed E-state index contributed by atoms with van der Waals surface area (Å²) in [5.74, 6) is -0.473. The Morgan fingerprint density at radius 1 is 1.00 bits per heavy atom. The molecule has 0 saturated carbocycles. The molecule has 1 aromatic heterocycles. The first kappa shape index (κ1) is 22.4. The Morgan fingerprint density at radius 2 is 1.66 bits per heavy atom. The lowest BCUT2D eigenvalue weighted by atomic mass is 9.99. The van der Waals surface area contributed by atoms with Crippen LogP contribution in [0.2, 0.25) is 5.02 Å². The van der Waals surface area contributed by atoms with Crippen molar-refractivity contribution < 1.29 is 17.9 Å². The number of pyridine rings is 1. The third-order valence-corrected chi connectivity index (χ3v) is 7.46. The highest BCUT2D eigenvalue weighted by atomic mass is 35.5. The van der Waals surface area contributed by atoms with Gasteiger partial charge >= 0.3 is 0 Å². The predicted octanol–water partition coefficient (Wildman–Crippen LogP) is 3.28. The molecule has 0 aliphatic carbocycles. The zero-order chi connectivity index (χ0) is 22.6. The first-order chi connectivity index (χ1) is 15.5. The minimum Gasteiger partial charge on any atom is -0.379 e. The van der Waals surface area contributed by atoms with Crippen LogP contribution in [0.5, 0.6) is 0 Å². The number of carbonyl (C=O) groups is 1. The molecule has 1 aliphatic rings. The van der Waals surface area contributed by atoms with Crippen molar-refractivity contribution in [3.8, 4) is 0 Å². The molecule has 1 atom stereocenters. The lowest BCUT2D eigenvalue weighted by Crippen LogP contribution is -2.40. The van der Waals surface area contributed by atoms with E-state index in [0.29, 0.717) is 13.2 Å². The van der Waals surface area contributed by atoms with Crippen LogP contribution in [-0.2, 0) is 14.8 Å². The first-order valence-electron chi connectivity index (χ1n) is 10.1. The number of rotatable bonds is 6. The Bertz CT molecular complexity index is 1140. The minimum atomic E-state index is -3.76. The standard InChI is InChI=1S/C23H22ClN3O4S/c24-21-7-6-19(32(29,30)27-12-14-31-15-13-27)16-20(21)23(28)26-22(17-4-2-1-3-5-17)18-8-10-25-11-9-18/h1-11,16,22H,12-15H2,(H,26,28). The topological polar surface area (TPSA) is 88.6 Å². The zero-order valence-electron chi connectivity index (χ0n) is 17.1. The van der Waals surface area contributed by atoms with E-state index in [0.717, 1.165) is 11.1 Å². The fourth-order valence-electron chi connectivity index (χ4n) is 3.54. The van der Waals surface area contributed by atoms with E-state index >= 15 is 0 Å². The molecule has 1 amide bonds. The molecule has 1 saturated heterocycles. The van der Waals surface area contributed by atoms with Crippen LogP contribution in [-0.4, -0.2) is 49.9 Å². The van der Waals surface area contributed by atoms with Crippen molar-refractivity contribution in [3.05, 3.63) is 94.8 Å². The summed E-state index contributed by atoms with van der Waals surface area (Å²) in [6, 6.07) is 16.9. The van der Waals surface area contributed by atoms with Gasteiger partial charge in [0.05, 0.1) is 34.7 Å². The Balaban J connectivity index is 1.65. The largest absolute Gasteiger partial charge is 0.379 e. The second-order valence-electron chi connectivity index (χ2n) is 7.26. The summed E-state index contributed by atoms with van der Waals surface area (Å²) in [6.45, 7) is 1.21. The monoisotopic (exact) mass is 471 g/mol. The van der Waals surface area contributed by atoms with Gasteiger partial charge in [-0.25, -0.2) is 8.42 Å². The number of ether oxygens (including phenoxy) is 1. The molecule has 0 radical (unpaired) electrons. The number of hydrogen-bond donors (Lipinski definition) is 1. The number of aromatic nitrogens is 1. The molecule has 2 heterocycles. The number of amides is 1. The van der Waals surface area contributed by atoms with Crippen molar-refractivity contribution in [2.75, 3.05) is 26.3 Å². The van der Waals surface area contributed by atoms with Gasteiger partial charge in [-0.1, -0.05) is 41.9 Å². The molecule has 1 aliphatic heterocycles. The molecule has 4 rings (SSSR count). The van der Waals surface area contributed by atoms with E-state index in [9.17, 15) is 13.2 Å². The third kappa shape index (κ3) is 4.83. The maximum absolute atomic E-state index is 13.2. The molecular formula is C23H22ClN3O4S. The Kier molecular flexibility index (Phi) is 6.86. The molecule has 1 N–H and O–H groups in total. The van der Waals surface area contributed by atoms with Crippen LogP contribution in [0.25, 0.3) is 0 Å². The predicted molar refractivity (Wildman–Crippen MR) is 121 cm³/mol. The van der Waals surface area contributed by atoms with Crippen molar-refractivity contribution in [1.29, 1.82) is 0 Å². The second-order valence-corrected chi connectivity index (χ2v) is 9.60. The molecule has 7 nitrogen and oxygen atoms in total. The summed E-state index contributed by atoms with van der Waals surface area (Å²) in [7, 11) is -3.76. The van der Waals surface area contributed by atoms with Gasteiger partial charge in [0.1, 0.15) is 0 Å². The quantitative estimate of drug-likeness (QED) is 0.596. The maximum Gasteiger partial charge on any atom is 0.253 e. The maximum atomic E-state index is 13.2. The number of benzene rings is 2. The van der Waals surface area contributed by atoms with Crippen molar-refractivity contribution >= 4 is 27.5 Å². The summed E-state index contributed by atoms with van der Waals surface area (Å²) in [4.78, 5) is 17.3. The summed E-state index contributed by atoms with van der Waals surface area (Å²) in [6.07, 6.45) is 3.31. The number of carbonyl (C=O) groups excluding carboxylic acids is 1. The van der Waals surface area contributed by atoms with Gasteiger partial charge in [0, 0.05) is 25.5 Å². The second kappa shape index (κ2) is 9.79. The summed E-state index contributed by atoms with van der Waals surface area (Å²) < 4.78 is 32.7. The summed E-state index contributed by atoms with van der Waals surface area (Å²) >= 11 is 6.30. The van der Waals surface area contributed by atoms with E-state index in [1.807, 2.05) is 42.5 Å². The van der Waals surface area contributed by atoms with E-state index in [1.54, 1.807) is 12.4 Å². The number of nitrogens with one attached hydrogen (secondary N) is 1. The number of hydrogen-bond acceptors (Lipinski definition) is 5.